The van der Waals surface area contributed by atoms with Gasteiger partial charge in [0.05, 0.1) is 21.1 Å². The molecule has 0 aliphatic carbocycles. The monoisotopic (exact) mass is 465 g/mol. The Kier molecular flexibility index (Phi) is 6.93. The largest absolute Gasteiger partial charge is 0.454 e. The van der Waals surface area contributed by atoms with Crippen molar-refractivity contribution < 1.29 is 31.2 Å². The number of nitrogens with zero attached hydrogens (tertiary/aromatic N) is 1. The second kappa shape index (κ2) is 9.29. The average Bonchev–Trinajstić information content (AvgIpc) is 3.33. The van der Waals surface area contributed by atoms with Crippen LogP contribution in [0.25, 0.3) is 0 Å². The van der Waals surface area contributed by atoms with Crippen molar-refractivity contribution in [2.75, 3.05) is 25.4 Å². The highest BCUT2D eigenvalue weighted by Gasteiger charge is 2.27. The lowest BCUT2D eigenvalue weighted by Crippen LogP contribution is -2.27. The van der Waals surface area contributed by atoms with Gasteiger partial charge in [-0.2, -0.15) is 4.31 Å². The van der Waals surface area contributed by atoms with Crippen LogP contribution in [-0.2, 0) is 24.6 Å². The van der Waals surface area contributed by atoms with Crippen molar-refractivity contribution in [3.8, 4) is 0 Å². The van der Waals surface area contributed by atoms with Crippen LogP contribution in [0.5, 0.6) is 0 Å². The number of carbonyl (C=O) groups excluding carboxylic acids is 2. The van der Waals surface area contributed by atoms with Gasteiger partial charge in [0.15, 0.2) is 22.2 Å². The summed E-state index contributed by atoms with van der Waals surface area (Å²) in [5.41, 5.74) is 0.0480. The smallest absolute Gasteiger partial charge is 0.339 e. The Balaban J connectivity index is 1.69. The molecule has 10 heteroatoms. The van der Waals surface area contributed by atoms with Gasteiger partial charge < -0.3 is 4.74 Å². The highest BCUT2D eigenvalue weighted by Crippen LogP contribution is 2.22. The average molecular weight is 466 g/mol. The number of benzene rings is 2. The first kappa shape index (κ1) is 23.1. The summed E-state index contributed by atoms with van der Waals surface area (Å²) in [5, 5.41) is 0. The molecular formula is C21H23NO7S2. The third-order valence-corrected chi connectivity index (χ3v) is 8.73. The SMILES string of the molecule is CCS(=O)(=O)c1ccccc1C(=O)OCC(=O)c1ccc(S(=O)(=O)N2CCCC2)cc1. The molecule has 1 fully saturated rings. The van der Waals surface area contributed by atoms with Crippen LogP contribution in [-0.4, -0.2) is 58.3 Å². The molecule has 1 aliphatic rings. The maximum atomic E-state index is 12.5. The lowest BCUT2D eigenvalue weighted by atomic mass is 10.1. The molecule has 0 spiro atoms. The van der Waals surface area contributed by atoms with E-state index in [4.69, 9.17) is 4.74 Å². The maximum Gasteiger partial charge on any atom is 0.339 e. The van der Waals surface area contributed by atoms with Gasteiger partial charge in [0.25, 0.3) is 0 Å². The topological polar surface area (TPSA) is 115 Å². The molecule has 0 aromatic heterocycles. The van der Waals surface area contributed by atoms with Crippen LogP contribution in [0, 0.1) is 0 Å². The predicted octanol–water partition coefficient (Wildman–Crippen LogP) is 2.30. The van der Waals surface area contributed by atoms with Gasteiger partial charge in [0.1, 0.15) is 0 Å². The lowest BCUT2D eigenvalue weighted by molar-refractivity contribution is 0.0471. The maximum absolute atomic E-state index is 12.5. The number of ketones is 1. The molecule has 0 amide bonds. The number of hydrogen-bond donors (Lipinski definition) is 0. The van der Waals surface area contributed by atoms with Crippen LogP contribution < -0.4 is 0 Å². The first-order valence-electron chi connectivity index (χ1n) is 9.79. The highest BCUT2D eigenvalue weighted by molar-refractivity contribution is 7.91. The zero-order valence-corrected chi connectivity index (χ0v) is 18.6. The fourth-order valence-corrected chi connectivity index (χ4v) is 5.84. The number of sulfonamides is 1. The molecule has 0 unspecified atom stereocenters. The van der Waals surface area contributed by atoms with Crippen LogP contribution in [0.15, 0.2) is 58.3 Å². The number of rotatable bonds is 8. The van der Waals surface area contributed by atoms with Crippen LogP contribution in [0.3, 0.4) is 0 Å². The summed E-state index contributed by atoms with van der Waals surface area (Å²) in [5.74, 6) is -1.63. The first-order chi connectivity index (χ1) is 14.7. The van der Waals surface area contributed by atoms with Gasteiger partial charge >= 0.3 is 5.97 Å². The quantitative estimate of drug-likeness (QED) is 0.434. The fourth-order valence-electron chi connectivity index (χ4n) is 3.24. The van der Waals surface area contributed by atoms with Crippen LogP contribution in [0.1, 0.15) is 40.5 Å². The Bertz CT molecular complexity index is 1180. The van der Waals surface area contributed by atoms with Crippen molar-refractivity contribution in [2.24, 2.45) is 0 Å². The molecule has 31 heavy (non-hydrogen) atoms. The van der Waals surface area contributed by atoms with Gasteiger partial charge in [-0.1, -0.05) is 19.1 Å². The molecule has 1 saturated heterocycles. The van der Waals surface area contributed by atoms with Gasteiger partial charge in [0.2, 0.25) is 10.0 Å². The summed E-state index contributed by atoms with van der Waals surface area (Å²) in [6.07, 6.45) is 1.65. The second-order valence-corrected chi connectivity index (χ2v) is 11.2. The minimum atomic E-state index is -3.64. The summed E-state index contributed by atoms with van der Waals surface area (Å²) < 4.78 is 55.9. The van der Waals surface area contributed by atoms with E-state index in [-0.39, 0.29) is 26.7 Å². The number of ether oxygens (including phenoxy) is 1. The van der Waals surface area contributed by atoms with E-state index in [2.05, 4.69) is 0 Å². The van der Waals surface area contributed by atoms with E-state index in [0.717, 1.165) is 12.8 Å². The molecule has 1 aliphatic heterocycles. The standard InChI is InChI=1S/C21H23NO7S2/c1-2-30(25,26)20-8-4-3-7-18(20)21(24)29-15-19(23)16-9-11-17(12-10-16)31(27,28)22-13-5-6-14-22/h3-4,7-12H,2,5-6,13-15H2,1H3. The fraction of sp³-hybridized carbons (Fsp3) is 0.333. The van der Waals surface area contributed by atoms with Crippen molar-refractivity contribution in [3.05, 3.63) is 59.7 Å². The van der Waals surface area contributed by atoms with E-state index in [0.29, 0.717) is 13.1 Å². The zero-order valence-electron chi connectivity index (χ0n) is 17.0. The Hall–Kier alpha value is -2.56. The summed E-state index contributed by atoms with van der Waals surface area (Å²) in [6.45, 7) is 1.83. The summed E-state index contributed by atoms with van der Waals surface area (Å²) in [7, 11) is -7.22. The summed E-state index contributed by atoms with van der Waals surface area (Å²) in [4.78, 5) is 24.7. The van der Waals surface area contributed by atoms with Gasteiger partial charge in [0, 0.05) is 18.7 Å². The van der Waals surface area contributed by atoms with Gasteiger partial charge in [-0.15, -0.1) is 0 Å². The van der Waals surface area contributed by atoms with E-state index < -0.39 is 38.2 Å². The van der Waals surface area contributed by atoms with Gasteiger partial charge in [-0.3, -0.25) is 4.79 Å². The predicted molar refractivity (Wildman–Crippen MR) is 113 cm³/mol. The third kappa shape index (κ3) is 5.03. The van der Waals surface area contributed by atoms with Crippen LogP contribution in [0.4, 0.5) is 0 Å². The molecule has 0 radical (unpaired) electrons. The molecular weight excluding hydrogens is 442 g/mol. The van der Waals surface area contributed by atoms with E-state index in [9.17, 15) is 26.4 Å². The number of Topliss-reactive ketones (excluding diaryl/α,β-unsaturated/α-hetero) is 1. The summed E-state index contributed by atoms with van der Waals surface area (Å²) >= 11 is 0. The molecule has 0 atom stereocenters. The Morgan fingerprint density at radius 2 is 1.55 bits per heavy atom. The minimum Gasteiger partial charge on any atom is -0.454 e. The second-order valence-electron chi connectivity index (χ2n) is 7.03. The normalized spacial score (nSPS) is 15.0. The van der Waals surface area contributed by atoms with Crippen LogP contribution >= 0.6 is 0 Å². The molecule has 0 bridgehead atoms. The zero-order chi connectivity index (χ0) is 22.6. The molecule has 2 aromatic carbocycles. The van der Waals surface area contributed by atoms with E-state index in [1.165, 1.54) is 59.8 Å². The van der Waals surface area contributed by atoms with Crippen molar-refractivity contribution in [1.29, 1.82) is 0 Å². The third-order valence-electron chi connectivity index (χ3n) is 5.04. The Morgan fingerprint density at radius 3 is 2.16 bits per heavy atom. The molecule has 166 valence electrons. The molecule has 1 heterocycles. The van der Waals surface area contributed by atoms with Crippen LogP contribution in [0.2, 0.25) is 0 Å². The van der Waals surface area contributed by atoms with Crippen molar-refractivity contribution in [1.82, 2.24) is 4.31 Å². The molecule has 0 N–H and O–H groups in total. The van der Waals surface area contributed by atoms with E-state index in [1.807, 2.05) is 0 Å². The molecule has 3 rings (SSSR count). The number of carbonyl (C=O) groups is 2. The number of sulfone groups is 1. The van der Waals surface area contributed by atoms with E-state index in [1.54, 1.807) is 0 Å². The summed E-state index contributed by atoms with van der Waals surface area (Å²) in [6, 6.07) is 11.1. The highest BCUT2D eigenvalue weighted by atomic mass is 32.2. The lowest BCUT2D eigenvalue weighted by Gasteiger charge is -2.15. The molecule has 2 aromatic rings. The Morgan fingerprint density at radius 1 is 0.935 bits per heavy atom. The molecule has 0 saturated carbocycles. The van der Waals surface area contributed by atoms with E-state index >= 15 is 0 Å². The van der Waals surface area contributed by atoms with Crippen molar-refractivity contribution in [3.63, 3.8) is 0 Å². The van der Waals surface area contributed by atoms with Gasteiger partial charge in [-0.05, 0) is 49.2 Å². The van der Waals surface area contributed by atoms with Gasteiger partial charge in [-0.25, -0.2) is 21.6 Å². The van der Waals surface area contributed by atoms with Crippen molar-refractivity contribution in [2.45, 2.75) is 29.6 Å². The minimum absolute atomic E-state index is 0.0987. The molecule has 8 nitrogen and oxygen atoms in total. The number of hydrogen-bond acceptors (Lipinski definition) is 7. The Labute approximate surface area is 181 Å². The number of esters is 1. The first-order valence-corrected chi connectivity index (χ1v) is 12.9. The van der Waals surface area contributed by atoms with Crippen molar-refractivity contribution >= 4 is 31.6 Å².